The summed E-state index contributed by atoms with van der Waals surface area (Å²) < 4.78 is 10.4. The number of alkyl carbamates (subject to hydrolysis) is 2. The summed E-state index contributed by atoms with van der Waals surface area (Å²) in [6, 6.07) is 11.6. The van der Waals surface area contributed by atoms with Crippen molar-refractivity contribution in [2.45, 2.75) is 114 Å². The predicted molar refractivity (Wildman–Crippen MR) is 224 cm³/mol. The molecule has 4 N–H and O–H groups in total. The van der Waals surface area contributed by atoms with Gasteiger partial charge in [-0.25, -0.2) is 9.59 Å². The Balaban J connectivity index is 0.915. The number of benzene rings is 2. The maximum Gasteiger partial charge on any atom is 0.413 e. The van der Waals surface area contributed by atoms with Crippen LogP contribution in [0.5, 0.6) is 0 Å². The lowest BCUT2D eigenvalue weighted by atomic mass is 9.80. The number of fused-ring (bicyclic) bond motifs is 2. The highest BCUT2D eigenvalue weighted by molar-refractivity contribution is 8.01. The van der Waals surface area contributed by atoms with Crippen LogP contribution in [0.25, 0.3) is 0 Å². The molecule has 17 heteroatoms. The van der Waals surface area contributed by atoms with Gasteiger partial charge < -0.3 is 20.1 Å². The number of carbonyl (C=O) groups excluding carboxylic acids is 7. The monoisotopic (exact) mass is 868 g/mol. The van der Waals surface area contributed by atoms with Crippen LogP contribution in [0, 0.1) is 24.7 Å². The minimum Gasteiger partial charge on any atom is -0.450 e. The minimum atomic E-state index is -0.889. The summed E-state index contributed by atoms with van der Waals surface area (Å²) in [5.74, 6) is -2.39. The second-order valence-corrected chi connectivity index (χ2v) is 20.7. The highest BCUT2D eigenvalue weighted by Crippen LogP contribution is 2.48. The molecule has 1 saturated carbocycles. The first-order chi connectivity index (χ1) is 27.8. The van der Waals surface area contributed by atoms with Gasteiger partial charge >= 0.3 is 12.2 Å². The van der Waals surface area contributed by atoms with Crippen LogP contribution in [0.3, 0.4) is 0 Å². The van der Waals surface area contributed by atoms with Gasteiger partial charge in [-0.1, -0.05) is 30.2 Å². The molecule has 0 aromatic heterocycles. The molecule has 0 bridgehead atoms. The topological polar surface area (TPSA) is 186 Å². The molecule has 3 fully saturated rings. The molecule has 2 aromatic rings. The second-order valence-electron chi connectivity index (χ2n) is 15.4. The summed E-state index contributed by atoms with van der Waals surface area (Å²) in [5, 5.41) is 8.92. The van der Waals surface area contributed by atoms with E-state index in [2.05, 4.69) is 27.3 Å². The molecule has 8 atom stereocenters. The van der Waals surface area contributed by atoms with Gasteiger partial charge in [-0.05, 0) is 101 Å². The molecule has 5 aliphatic rings. The van der Waals surface area contributed by atoms with E-state index in [1.165, 1.54) is 30.4 Å². The largest absolute Gasteiger partial charge is 0.450 e. The summed E-state index contributed by atoms with van der Waals surface area (Å²) in [5.41, 5.74) is 3.79. The fourth-order valence-electron chi connectivity index (χ4n) is 8.01. The number of hydrogen-bond acceptors (Lipinski definition) is 13. The first-order valence-electron chi connectivity index (χ1n) is 19.8. The van der Waals surface area contributed by atoms with E-state index in [0.29, 0.717) is 37.2 Å². The van der Waals surface area contributed by atoms with Crippen LogP contribution in [-0.4, -0.2) is 86.6 Å². The van der Waals surface area contributed by atoms with E-state index in [1.807, 2.05) is 31.2 Å². The number of carbonyl (C=O) groups is 7. The van der Waals surface area contributed by atoms with Crippen molar-refractivity contribution in [1.82, 2.24) is 21.3 Å². The second kappa shape index (κ2) is 18.7. The van der Waals surface area contributed by atoms with Crippen molar-refractivity contribution in [3.05, 3.63) is 58.7 Å². The molecule has 7 rings (SSSR count). The van der Waals surface area contributed by atoms with Gasteiger partial charge in [-0.3, -0.25) is 34.6 Å². The Morgan fingerprint density at radius 2 is 1.31 bits per heavy atom. The van der Waals surface area contributed by atoms with Crippen molar-refractivity contribution in [2.24, 2.45) is 17.8 Å². The van der Waals surface area contributed by atoms with Crippen molar-refractivity contribution >= 4 is 88.6 Å². The zero-order chi connectivity index (χ0) is 41.1. The van der Waals surface area contributed by atoms with Gasteiger partial charge in [-0.2, -0.15) is 0 Å². The molecule has 4 heterocycles. The first-order valence-corrected chi connectivity index (χ1v) is 23.4. The molecule has 13 nitrogen and oxygen atoms in total. The highest BCUT2D eigenvalue weighted by atomic mass is 32.2. The number of amides is 6. The SMILES string of the molecule is CCOC(=O)NC(=O)C1CC(CCOC(=O)NC(=O)C2CC(C3CCC3)SC2NC(=O)C2Cc3cc(C)ccc3S2)SC1NC(=O)C1Cc2cc(C(C)=O)ccc2S1. The zero-order valence-corrected chi connectivity index (χ0v) is 35.8. The Labute approximate surface area is 354 Å². The van der Waals surface area contributed by atoms with Gasteiger partial charge in [0, 0.05) is 25.9 Å². The third kappa shape index (κ3) is 10.0. The fourth-order valence-corrected chi connectivity index (χ4v) is 13.8. The molecule has 1 aliphatic carbocycles. The third-order valence-corrected chi connectivity index (χ3v) is 17.2. The van der Waals surface area contributed by atoms with E-state index < -0.39 is 51.8 Å². The molecule has 0 spiro atoms. The Morgan fingerprint density at radius 1 is 0.724 bits per heavy atom. The molecule has 310 valence electrons. The van der Waals surface area contributed by atoms with E-state index in [-0.39, 0.29) is 53.0 Å². The number of nitrogens with one attached hydrogen (secondary N) is 4. The normalized spacial score (nSPS) is 27.1. The fraction of sp³-hybridized carbons (Fsp3) is 0.537. The summed E-state index contributed by atoms with van der Waals surface area (Å²) in [4.78, 5) is 92.8. The van der Waals surface area contributed by atoms with Crippen molar-refractivity contribution < 1.29 is 43.0 Å². The Bertz CT molecular complexity index is 1980. The first kappa shape index (κ1) is 42.5. The quantitative estimate of drug-likeness (QED) is 0.189. The lowest BCUT2D eigenvalue weighted by molar-refractivity contribution is -0.127. The van der Waals surface area contributed by atoms with Crippen LogP contribution in [0.15, 0.2) is 46.2 Å². The van der Waals surface area contributed by atoms with Crippen LogP contribution < -0.4 is 21.3 Å². The van der Waals surface area contributed by atoms with E-state index in [4.69, 9.17) is 9.47 Å². The summed E-state index contributed by atoms with van der Waals surface area (Å²) in [7, 11) is 0. The summed E-state index contributed by atoms with van der Waals surface area (Å²) in [6.07, 6.45) is 3.79. The number of thioether (sulfide) groups is 4. The Morgan fingerprint density at radius 3 is 1.91 bits per heavy atom. The van der Waals surface area contributed by atoms with Gasteiger partial charge in [0.1, 0.15) is 0 Å². The molecular weight excluding hydrogens is 821 g/mol. The van der Waals surface area contributed by atoms with E-state index >= 15 is 0 Å². The molecule has 0 radical (unpaired) electrons. The average Bonchev–Trinajstić information content (AvgIpc) is 3.95. The van der Waals surface area contributed by atoms with Crippen molar-refractivity contribution in [3.63, 3.8) is 0 Å². The highest BCUT2D eigenvalue weighted by Gasteiger charge is 2.46. The number of hydrogen-bond donors (Lipinski definition) is 4. The maximum absolute atomic E-state index is 13.6. The molecule has 2 saturated heterocycles. The van der Waals surface area contributed by atoms with Gasteiger partial charge in [0.05, 0.1) is 46.3 Å². The van der Waals surface area contributed by atoms with Crippen LogP contribution in [0.2, 0.25) is 0 Å². The summed E-state index contributed by atoms with van der Waals surface area (Å²) in [6.45, 7) is 5.18. The van der Waals surface area contributed by atoms with Crippen LogP contribution >= 0.6 is 47.0 Å². The maximum atomic E-state index is 13.6. The molecule has 2 aromatic carbocycles. The van der Waals surface area contributed by atoms with Crippen molar-refractivity contribution in [2.75, 3.05) is 13.2 Å². The summed E-state index contributed by atoms with van der Waals surface area (Å²) >= 11 is 5.91. The molecule has 4 aliphatic heterocycles. The number of Topliss-reactive ketones (excluding diaryl/α,β-unsaturated/α-hetero) is 1. The molecule has 8 unspecified atom stereocenters. The van der Waals surface area contributed by atoms with Gasteiger partial charge in [0.15, 0.2) is 5.78 Å². The van der Waals surface area contributed by atoms with Crippen molar-refractivity contribution in [3.8, 4) is 0 Å². The zero-order valence-electron chi connectivity index (χ0n) is 32.5. The van der Waals surface area contributed by atoms with E-state index in [0.717, 1.165) is 45.7 Å². The average molecular weight is 869 g/mol. The lowest BCUT2D eigenvalue weighted by Crippen LogP contribution is -2.46. The Hall–Kier alpha value is -3.67. The van der Waals surface area contributed by atoms with Gasteiger partial charge in [0.25, 0.3) is 0 Å². The number of aryl methyl sites for hydroxylation is 1. The third-order valence-electron chi connectivity index (χ3n) is 11.3. The van der Waals surface area contributed by atoms with Crippen molar-refractivity contribution in [1.29, 1.82) is 0 Å². The van der Waals surface area contributed by atoms with Gasteiger partial charge in [0.2, 0.25) is 23.6 Å². The number of imide groups is 2. The molecular formula is C41H48N4O9S4. The smallest absolute Gasteiger partial charge is 0.413 e. The van der Waals surface area contributed by atoms with Crippen LogP contribution in [-0.2, 0) is 41.5 Å². The van der Waals surface area contributed by atoms with E-state index in [1.54, 1.807) is 36.5 Å². The van der Waals surface area contributed by atoms with Crippen LogP contribution in [0.1, 0.15) is 79.4 Å². The number of ketones is 1. The molecule has 6 amide bonds. The van der Waals surface area contributed by atoms with Crippen LogP contribution in [0.4, 0.5) is 9.59 Å². The lowest BCUT2D eigenvalue weighted by Gasteiger charge is -2.30. The number of ether oxygens (including phenoxy) is 2. The standard InChI is InChI=1S/C41H48N4O9S4/c1-4-53-40(51)44-34(47)27-18-26(55-38(27)42-36(49)33-17-25-15-23(21(3)46)9-11-30(25)57-33)12-13-54-41(52)45-35(48)28-19-31(22-6-5-7-22)58-39(28)43-37(50)32-16-24-14-20(2)8-10-29(24)56-32/h8-11,14-15,22,26-28,31-33,38-39H,4-7,12-13,16-19H2,1-3H3,(H,42,49)(H,43,50)(H,44,47,51)(H,45,48,52). The minimum absolute atomic E-state index is 0.0564. The number of rotatable bonds is 12. The Kier molecular flexibility index (Phi) is 13.7. The van der Waals surface area contributed by atoms with E-state index in [9.17, 15) is 33.6 Å². The van der Waals surface area contributed by atoms with Gasteiger partial charge in [-0.15, -0.1) is 47.0 Å². The predicted octanol–water partition coefficient (Wildman–Crippen LogP) is 5.78. The molecule has 58 heavy (non-hydrogen) atoms.